The first-order valence-corrected chi connectivity index (χ1v) is 6.19. The Labute approximate surface area is 101 Å². The molecule has 1 aromatic carbocycles. The van der Waals surface area contributed by atoms with E-state index in [-0.39, 0.29) is 0 Å². The number of aromatic amines is 1. The molecule has 0 amide bonds. The number of nitrogens with zero attached hydrogens (tertiary/aromatic N) is 2. The van der Waals surface area contributed by atoms with Crippen molar-refractivity contribution in [3.63, 3.8) is 0 Å². The first-order chi connectivity index (χ1) is 8.31. The van der Waals surface area contributed by atoms with Crippen molar-refractivity contribution in [2.45, 2.75) is 18.9 Å². The summed E-state index contributed by atoms with van der Waals surface area (Å²) >= 11 is 0. The van der Waals surface area contributed by atoms with E-state index in [1.165, 1.54) is 37.0 Å². The molecule has 1 aromatic heterocycles. The lowest BCUT2D eigenvalue weighted by Crippen LogP contribution is -2.36. The summed E-state index contributed by atoms with van der Waals surface area (Å²) in [4.78, 5) is 2.39. The number of hydrogen-bond acceptors (Lipinski definition) is 3. The van der Waals surface area contributed by atoms with E-state index in [0.717, 1.165) is 5.52 Å². The summed E-state index contributed by atoms with van der Waals surface area (Å²) in [6.45, 7) is 2.37. The van der Waals surface area contributed by atoms with Gasteiger partial charge in [0.2, 0.25) is 0 Å². The lowest BCUT2D eigenvalue weighted by atomic mass is 10.1. The number of nitrogens with one attached hydrogen (secondary N) is 2. The van der Waals surface area contributed by atoms with Crippen molar-refractivity contribution in [2.75, 3.05) is 25.5 Å². The molecule has 0 saturated carbocycles. The third kappa shape index (κ3) is 2.26. The molecule has 2 heterocycles. The van der Waals surface area contributed by atoms with Crippen molar-refractivity contribution in [1.29, 1.82) is 0 Å². The zero-order chi connectivity index (χ0) is 11.7. The van der Waals surface area contributed by atoms with Crippen LogP contribution in [0, 0.1) is 0 Å². The first-order valence-electron chi connectivity index (χ1n) is 6.19. The molecule has 1 aliphatic heterocycles. The second kappa shape index (κ2) is 4.37. The molecule has 0 radical (unpaired) electrons. The van der Waals surface area contributed by atoms with Crippen LogP contribution in [0.15, 0.2) is 24.4 Å². The van der Waals surface area contributed by atoms with Gasteiger partial charge in [0.15, 0.2) is 0 Å². The Morgan fingerprint density at radius 1 is 1.35 bits per heavy atom. The molecule has 1 saturated heterocycles. The summed E-state index contributed by atoms with van der Waals surface area (Å²) in [6, 6.07) is 6.98. The van der Waals surface area contributed by atoms with Crippen LogP contribution in [0.2, 0.25) is 0 Å². The summed E-state index contributed by atoms with van der Waals surface area (Å²) in [5.41, 5.74) is 2.30. The van der Waals surface area contributed by atoms with Crippen LogP contribution < -0.4 is 5.32 Å². The molecule has 2 aromatic rings. The average Bonchev–Trinajstić information content (AvgIpc) is 2.79. The van der Waals surface area contributed by atoms with E-state index < -0.39 is 0 Å². The molecular weight excluding hydrogens is 212 g/mol. The third-order valence-electron chi connectivity index (χ3n) is 3.53. The first kappa shape index (κ1) is 10.6. The molecule has 17 heavy (non-hydrogen) atoms. The molecule has 0 bridgehead atoms. The summed E-state index contributed by atoms with van der Waals surface area (Å²) < 4.78 is 0. The van der Waals surface area contributed by atoms with Gasteiger partial charge < -0.3 is 10.2 Å². The molecule has 3 rings (SSSR count). The standard InChI is InChI=1S/C13H18N4/c1-17-6-4-11(5-7-17)15-12-2-3-13-10(8-12)9-14-16-13/h2-3,8-9,11,15H,4-7H2,1H3,(H,14,16). The van der Waals surface area contributed by atoms with E-state index in [1.54, 1.807) is 0 Å². The SMILES string of the molecule is CN1CCC(Nc2ccc3[nH]ncc3c2)CC1. The van der Waals surface area contributed by atoms with Gasteiger partial charge in [0.05, 0.1) is 11.7 Å². The fourth-order valence-corrected chi connectivity index (χ4v) is 2.42. The Bertz CT molecular complexity index is 497. The number of aromatic nitrogens is 2. The zero-order valence-electron chi connectivity index (χ0n) is 10.1. The fraction of sp³-hybridized carbons (Fsp3) is 0.462. The van der Waals surface area contributed by atoms with Crippen LogP contribution in [0.4, 0.5) is 5.69 Å². The highest BCUT2D eigenvalue weighted by Crippen LogP contribution is 2.20. The normalized spacial score (nSPS) is 18.6. The number of benzene rings is 1. The largest absolute Gasteiger partial charge is 0.382 e. The highest BCUT2D eigenvalue weighted by molar-refractivity contribution is 5.81. The number of hydrogen-bond donors (Lipinski definition) is 2. The molecule has 4 heteroatoms. The van der Waals surface area contributed by atoms with Crippen LogP contribution in [0.5, 0.6) is 0 Å². The molecule has 4 nitrogen and oxygen atoms in total. The predicted octanol–water partition coefficient (Wildman–Crippen LogP) is 2.07. The Morgan fingerprint density at radius 3 is 3.00 bits per heavy atom. The van der Waals surface area contributed by atoms with Crippen molar-refractivity contribution in [3.8, 4) is 0 Å². The summed E-state index contributed by atoms with van der Waals surface area (Å²) in [5, 5.41) is 11.8. The van der Waals surface area contributed by atoms with Gasteiger partial charge in [-0.1, -0.05) is 0 Å². The van der Waals surface area contributed by atoms with E-state index in [0.29, 0.717) is 6.04 Å². The Hall–Kier alpha value is -1.55. The Morgan fingerprint density at radius 2 is 2.18 bits per heavy atom. The quantitative estimate of drug-likeness (QED) is 0.830. The highest BCUT2D eigenvalue weighted by Gasteiger charge is 2.16. The van der Waals surface area contributed by atoms with Crippen LogP contribution in [-0.4, -0.2) is 41.3 Å². The average molecular weight is 230 g/mol. The van der Waals surface area contributed by atoms with Gasteiger partial charge in [0, 0.05) is 17.1 Å². The van der Waals surface area contributed by atoms with E-state index in [9.17, 15) is 0 Å². The topological polar surface area (TPSA) is 44.0 Å². The number of likely N-dealkylation sites (tertiary alicyclic amines) is 1. The van der Waals surface area contributed by atoms with Crippen LogP contribution in [0.25, 0.3) is 10.9 Å². The van der Waals surface area contributed by atoms with Gasteiger partial charge in [-0.2, -0.15) is 5.10 Å². The van der Waals surface area contributed by atoms with Gasteiger partial charge in [-0.3, -0.25) is 5.10 Å². The molecule has 0 unspecified atom stereocenters. The molecule has 0 atom stereocenters. The Kier molecular flexibility index (Phi) is 2.73. The smallest absolute Gasteiger partial charge is 0.0651 e. The summed E-state index contributed by atoms with van der Waals surface area (Å²) in [6.07, 6.45) is 4.31. The van der Waals surface area contributed by atoms with Gasteiger partial charge in [-0.15, -0.1) is 0 Å². The van der Waals surface area contributed by atoms with Crippen molar-refractivity contribution in [3.05, 3.63) is 24.4 Å². The van der Waals surface area contributed by atoms with Gasteiger partial charge in [0.1, 0.15) is 0 Å². The van der Waals surface area contributed by atoms with Gasteiger partial charge in [0.25, 0.3) is 0 Å². The van der Waals surface area contributed by atoms with Crippen LogP contribution in [0.1, 0.15) is 12.8 Å². The van der Waals surface area contributed by atoms with E-state index in [4.69, 9.17) is 0 Å². The fourth-order valence-electron chi connectivity index (χ4n) is 2.42. The van der Waals surface area contributed by atoms with E-state index >= 15 is 0 Å². The second-order valence-corrected chi connectivity index (χ2v) is 4.89. The van der Waals surface area contributed by atoms with Crippen LogP contribution >= 0.6 is 0 Å². The van der Waals surface area contributed by atoms with Crippen molar-refractivity contribution in [2.24, 2.45) is 0 Å². The maximum atomic E-state index is 4.04. The van der Waals surface area contributed by atoms with Crippen molar-refractivity contribution < 1.29 is 0 Å². The number of fused-ring (bicyclic) bond motifs is 1. The minimum atomic E-state index is 0.607. The molecular formula is C13H18N4. The zero-order valence-corrected chi connectivity index (χ0v) is 10.1. The van der Waals surface area contributed by atoms with Gasteiger partial charge in [-0.25, -0.2) is 0 Å². The summed E-state index contributed by atoms with van der Waals surface area (Å²) in [7, 11) is 2.19. The Balaban J connectivity index is 1.71. The minimum absolute atomic E-state index is 0.607. The molecule has 1 aliphatic rings. The van der Waals surface area contributed by atoms with Crippen LogP contribution in [-0.2, 0) is 0 Å². The van der Waals surface area contributed by atoms with E-state index in [1.807, 2.05) is 6.20 Å². The van der Waals surface area contributed by atoms with Crippen molar-refractivity contribution in [1.82, 2.24) is 15.1 Å². The van der Waals surface area contributed by atoms with Gasteiger partial charge >= 0.3 is 0 Å². The number of H-pyrrole nitrogens is 1. The molecule has 2 N–H and O–H groups in total. The molecule has 0 aliphatic carbocycles. The number of anilines is 1. The monoisotopic (exact) mass is 230 g/mol. The second-order valence-electron chi connectivity index (χ2n) is 4.89. The minimum Gasteiger partial charge on any atom is -0.382 e. The van der Waals surface area contributed by atoms with Gasteiger partial charge in [-0.05, 0) is 51.2 Å². The third-order valence-corrected chi connectivity index (χ3v) is 3.53. The lowest BCUT2D eigenvalue weighted by molar-refractivity contribution is 0.264. The highest BCUT2D eigenvalue weighted by atomic mass is 15.1. The maximum absolute atomic E-state index is 4.04. The molecule has 0 spiro atoms. The van der Waals surface area contributed by atoms with Crippen LogP contribution in [0.3, 0.4) is 0 Å². The lowest BCUT2D eigenvalue weighted by Gasteiger charge is -2.30. The predicted molar refractivity (Wildman–Crippen MR) is 70.2 cm³/mol. The molecule has 1 fully saturated rings. The summed E-state index contributed by atoms with van der Waals surface area (Å²) in [5.74, 6) is 0. The van der Waals surface area contributed by atoms with Crippen molar-refractivity contribution >= 4 is 16.6 Å². The molecule has 90 valence electrons. The number of rotatable bonds is 2. The number of piperidine rings is 1. The maximum Gasteiger partial charge on any atom is 0.0651 e. The van der Waals surface area contributed by atoms with E-state index in [2.05, 4.69) is 45.7 Å².